The van der Waals surface area contributed by atoms with Gasteiger partial charge in [-0.25, -0.2) is 4.79 Å². The maximum absolute atomic E-state index is 11.8. The minimum absolute atomic E-state index is 0.146. The average Bonchev–Trinajstić information content (AvgIpc) is 2.60. The van der Waals surface area contributed by atoms with Gasteiger partial charge in [0, 0.05) is 17.4 Å². The lowest BCUT2D eigenvalue weighted by Crippen LogP contribution is -2.72. The zero-order valence-corrected chi connectivity index (χ0v) is 10.2. The van der Waals surface area contributed by atoms with Gasteiger partial charge in [-0.15, -0.1) is 0 Å². The number of hydrogen-bond acceptors (Lipinski definition) is 3. The van der Waals surface area contributed by atoms with Crippen LogP contribution in [-0.4, -0.2) is 22.3 Å². The van der Waals surface area contributed by atoms with Crippen molar-refractivity contribution < 1.29 is 14.6 Å². The Kier molecular flexibility index (Phi) is 1.47. The zero-order chi connectivity index (χ0) is 12.1. The van der Waals surface area contributed by atoms with E-state index in [9.17, 15) is 9.90 Å². The molecule has 5 atom stereocenters. The maximum Gasteiger partial charge on any atom is 0.333 e. The Labute approximate surface area is 101 Å². The maximum atomic E-state index is 11.8. The van der Waals surface area contributed by atoms with E-state index in [-0.39, 0.29) is 17.0 Å². The van der Waals surface area contributed by atoms with E-state index in [1.165, 1.54) is 6.42 Å². The van der Waals surface area contributed by atoms with Crippen molar-refractivity contribution in [2.24, 2.45) is 17.3 Å². The number of carbonyl (C=O) groups is 1. The second kappa shape index (κ2) is 2.46. The van der Waals surface area contributed by atoms with Crippen LogP contribution >= 0.6 is 0 Å². The summed E-state index contributed by atoms with van der Waals surface area (Å²) in [5.74, 6) is 1.01. The van der Waals surface area contributed by atoms with Gasteiger partial charge in [0.15, 0.2) is 0 Å². The molecule has 4 aliphatic carbocycles. The SMILES string of the molecule is C=C(C)C(=O)OC12CC3CC4CC(O)(C1)CC432. The second-order valence-electron chi connectivity index (χ2n) is 6.82. The highest BCUT2D eigenvalue weighted by Gasteiger charge is 2.86. The lowest BCUT2D eigenvalue weighted by Gasteiger charge is -2.71. The number of carbonyl (C=O) groups excluding carboxylic acids is 1. The Balaban J connectivity index is 1.68. The van der Waals surface area contributed by atoms with Crippen LogP contribution in [0.3, 0.4) is 0 Å². The van der Waals surface area contributed by atoms with Gasteiger partial charge in [0.1, 0.15) is 5.60 Å². The number of fused-ring (bicyclic) bond motifs is 1. The first-order valence-corrected chi connectivity index (χ1v) is 6.52. The molecule has 3 nitrogen and oxygen atoms in total. The average molecular weight is 234 g/mol. The van der Waals surface area contributed by atoms with Gasteiger partial charge in [0.2, 0.25) is 0 Å². The summed E-state index contributed by atoms with van der Waals surface area (Å²) in [6, 6.07) is 0. The third kappa shape index (κ3) is 0.864. The van der Waals surface area contributed by atoms with Crippen molar-refractivity contribution in [1.29, 1.82) is 0 Å². The number of aliphatic hydroxyl groups is 1. The van der Waals surface area contributed by atoms with Gasteiger partial charge in [-0.1, -0.05) is 6.58 Å². The van der Waals surface area contributed by atoms with Gasteiger partial charge in [-0.05, 0) is 44.4 Å². The number of ether oxygens (including phenoxy) is 1. The molecule has 0 aliphatic heterocycles. The molecule has 1 N–H and O–H groups in total. The van der Waals surface area contributed by atoms with Crippen LogP contribution in [0.15, 0.2) is 12.2 Å². The fraction of sp³-hybridized carbons (Fsp3) is 0.786. The van der Waals surface area contributed by atoms with Crippen molar-refractivity contribution in [1.82, 2.24) is 0 Å². The lowest BCUT2D eigenvalue weighted by molar-refractivity contribution is -0.294. The molecular formula is C14H18O3. The van der Waals surface area contributed by atoms with Gasteiger partial charge in [0.25, 0.3) is 0 Å². The van der Waals surface area contributed by atoms with E-state index in [4.69, 9.17) is 4.74 Å². The Morgan fingerprint density at radius 2 is 2.06 bits per heavy atom. The van der Waals surface area contributed by atoms with Gasteiger partial charge < -0.3 is 9.84 Å². The molecule has 0 aromatic rings. The lowest BCUT2D eigenvalue weighted by atomic mass is 9.36. The molecule has 0 saturated heterocycles. The standard InChI is InChI=1S/C14H18O3/c1-8(2)11(15)17-13-5-10-3-9-4-12(16,6-13)7-14(9,10)13/h9-10,16H,1,3-7H2,2H3. The monoisotopic (exact) mass is 234 g/mol. The minimum atomic E-state index is -0.550. The Hall–Kier alpha value is -0.830. The predicted octanol–water partition coefficient (Wildman–Crippen LogP) is 1.80. The smallest absolute Gasteiger partial charge is 0.333 e. The van der Waals surface area contributed by atoms with Crippen molar-refractivity contribution in [2.45, 2.75) is 50.2 Å². The normalized spacial score (nSPS) is 56.8. The molecule has 5 unspecified atom stereocenters. The summed E-state index contributed by atoms with van der Waals surface area (Å²) in [5.41, 5.74) is -0.285. The van der Waals surface area contributed by atoms with E-state index >= 15 is 0 Å². The topological polar surface area (TPSA) is 46.5 Å². The summed E-state index contributed by atoms with van der Waals surface area (Å²) < 4.78 is 5.75. The fourth-order valence-electron chi connectivity index (χ4n) is 5.53. The summed E-state index contributed by atoms with van der Waals surface area (Å²) in [6.45, 7) is 5.34. The van der Waals surface area contributed by atoms with Crippen molar-refractivity contribution in [3.63, 3.8) is 0 Å². The summed E-state index contributed by atoms with van der Waals surface area (Å²) in [6.07, 6.45) is 4.64. The molecule has 0 heterocycles. The van der Waals surface area contributed by atoms with Crippen LogP contribution in [0.4, 0.5) is 0 Å². The molecule has 0 aromatic carbocycles. The zero-order valence-electron chi connectivity index (χ0n) is 10.2. The molecule has 92 valence electrons. The molecule has 4 saturated carbocycles. The fourth-order valence-corrected chi connectivity index (χ4v) is 5.53. The molecule has 0 aromatic heterocycles. The van der Waals surface area contributed by atoms with Gasteiger partial charge in [-0.2, -0.15) is 0 Å². The van der Waals surface area contributed by atoms with E-state index in [0.29, 0.717) is 23.8 Å². The van der Waals surface area contributed by atoms with Crippen molar-refractivity contribution in [3.8, 4) is 0 Å². The van der Waals surface area contributed by atoms with E-state index in [2.05, 4.69) is 6.58 Å². The molecule has 0 amide bonds. The first kappa shape index (κ1) is 10.1. The van der Waals surface area contributed by atoms with Crippen LogP contribution in [0, 0.1) is 17.3 Å². The third-order valence-corrected chi connectivity index (χ3v) is 5.95. The molecule has 2 bridgehead atoms. The van der Waals surface area contributed by atoms with E-state index in [1.807, 2.05) is 0 Å². The molecular weight excluding hydrogens is 216 g/mol. The largest absolute Gasteiger partial charge is 0.455 e. The highest BCUT2D eigenvalue weighted by Crippen LogP contribution is 2.84. The number of rotatable bonds is 2. The van der Waals surface area contributed by atoms with Crippen molar-refractivity contribution >= 4 is 5.97 Å². The summed E-state index contributed by atoms with van der Waals surface area (Å²) in [5, 5.41) is 10.5. The molecule has 4 fully saturated rings. The van der Waals surface area contributed by atoms with Crippen molar-refractivity contribution in [3.05, 3.63) is 12.2 Å². The molecule has 4 rings (SSSR count). The van der Waals surface area contributed by atoms with Crippen LogP contribution < -0.4 is 0 Å². The summed E-state index contributed by atoms with van der Waals surface area (Å²) in [4.78, 5) is 11.8. The second-order valence-corrected chi connectivity index (χ2v) is 6.82. The van der Waals surface area contributed by atoms with Crippen LogP contribution in [0.5, 0.6) is 0 Å². The van der Waals surface area contributed by atoms with Crippen LogP contribution in [0.25, 0.3) is 0 Å². The molecule has 1 spiro atoms. The Morgan fingerprint density at radius 1 is 1.35 bits per heavy atom. The quantitative estimate of drug-likeness (QED) is 0.585. The molecule has 4 aliphatic rings. The first-order valence-electron chi connectivity index (χ1n) is 6.52. The van der Waals surface area contributed by atoms with Crippen LogP contribution in [0.2, 0.25) is 0 Å². The third-order valence-electron chi connectivity index (χ3n) is 5.95. The van der Waals surface area contributed by atoms with Crippen LogP contribution in [-0.2, 0) is 9.53 Å². The molecule has 3 heteroatoms. The predicted molar refractivity (Wildman–Crippen MR) is 61.1 cm³/mol. The molecule has 0 radical (unpaired) electrons. The first-order chi connectivity index (χ1) is 7.91. The number of esters is 1. The summed E-state index contributed by atoms with van der Waals surface area (Å²) in [7, 11) is 0. The number of hydrogen-bond donors (Lipinski definition) is 1. The van der Waals surface area contributed by atoms with Gasteiger partial charge >= 0.3 is 5.97 Å². The highest BCUT2D eigenvalue weighted by atomic mass is 16.6. The van der Waals surface area contributed by atoms with Crippen molar-refractivity contribution in [2.75, 3.05) is 0 Å². The minimum Gasteiger partial charge on any atom is -0.455 e. The molecule has 17 heavy (non-hydrogen) atoms. The van der Waals surface area contributed by atoms with E-state index in [1.54, 1.807) is 6.92 Å². The van der Waals surface area contributed by atoms with Crippen LogP contribution in [0.1, 0.15) is 39.0 Å². The Bertz CT molecular complexity index is 456. The summed E-state index contributed by atoms with van der Waals surface area (Å²) >= 11 is 0. The highest BCUT2D eigenvalue weighted by molar-refractivity contribution is 5.87. The Morgan fingerprint density at radius 3 is 2.65 bits per heavy atom. The van der Waals surface area contributed by atoms with Gasteiger partial charge in [-0.3, -0.25) is 0 Å². The van der Waals surface area contributed by atoms with E-state index < -0.39 is 5.60 Å². The van der Waals surface area contributed by atoms with E-state index in [0.717, 1.165) is 19.3 Å². The van der Waals surface area contributed by atoms with Gasteiger partial charge in [0.05, 0.1) is 5.60 Å².